The smallest absolute Gasteiger partial charge is 0.351 e. The Labute approximate surface area is 130 Å². The molecule has 1 heterocycles. The summed E-state index contributed by atoms with van der Waals surface area (Å²) in [6, 6.07) is 6.04. The molecule has 1 aromatic carbocycles. The summed E-state index contributed by atoms with van der Waals surface area (Å²) in [6.07, 6.45) is 2.62. The van der Waals surface area contributed by atoms with E-state index in [0.29, 0.717) is 15.6 Å². The van der Waals surface area contributed by atoms with Gasteiger partial charge in [-0.1, -0.05) is 35.3 Å². The summed E-state index contributed by atoms with van der Waals surface area (Å²) >= 11 is 11.6. The largest absolute Gasteiger partial charge is 0.507 e. The molecule has 21 heavy (non-hydrogen) atoms. The third-order valence-corrected chi connectivity index (χ3v) is 3.41. The number of carbonyl (C=O) groups excluding carboxylic acids is 1. The average Bonchev–Trinajstić information content (AvgIpc) is 2.39. The lowest BCUT2D eigenvalue weighted by atomic mass is 10.1. The van der Waals surface area contributed by atoms with Crippen LogP contribution in [-0.4, -0.2) is 10.9 Å². The van der Waals surface area contributed by atoms with Crippen molar-refractivity contribution >= 4 is 35.1 Å². The average molecular weight is 325 g/mol. The number of rotatable bonds is 3. The molecule has 2 rings (SSSR count). The SMILES string of the molecule is Cc1cc(O)c(C(=O)/C=C/c2ccc(Cl)c(Cl)c2)c(=O)o1. The number of ketones is 1. The number of hydrogen-bond donors (Lipinski definition) is 1. The Morgan fingerprint density at radius 3 is 2.57 bits per heavy atom. The van der Waals surface area contributed by atoms with E-state index in [0.717, 1.165) is 6.08 Å². The molecule has 0 unspecified atom stereocenters. The number of aromatic hydroxyl groups is 1. The van der Waals surface area contributed by atoms with Gasteiger partial charge >= 0.3 is 5.63 Å². The van der Waals surface area contributed by atoms with Crippen molar-refractivity contribution in [1.29, 1.82) is 0 Å². The number of hydrogen-bond acceptors (Lipinski definition) is 4. The van der Waals surface area contributed by atoms with Crippen LogP contribution in [0, 0.1) is 6.92 Å². The van der Waals surface area contributed by atoms with Crippen LogP contribution in [0.25, 0.3) is 6.08 Å². The second-order valence-corrected chi connectivity index (χ2v) is 5.09. The molecule has 1 N–H and O–H groups in total. The Hall–Kier alpha value is -2.04. The van der Waals surface area contributed by atoms with Crippen LogP contribution in [0.5, 0.6) is 5.75 Å². The third-order valence-electron chi connectivity index (χ3n) is 2.67. The highest BCUT2D eigenvalue weighted by Crippen LogP contribution is 2.23. The van der Waals surface area contributed by atoms with E-state index in [2.05, 4.69) is 0 Å². The van der Waals surface area contributed by atoms with Gasteiger partial charge in [-0.05, 0) is 30.7 Å². The van der Waals surface area contributed by atoms with Gasteiger partial charge < -0.3 is 9.52 Å². The minimum absolute atomic E-state index is 0.225. The molecule has 0 aliphatic carbocycles. The summed E-state index contributed by atoms with van der Waals surface area (Å²) < 4.78 is 4.79. The van der Waals surface area contributed by atoms with Gasteiger partial charge in [0.15, 0.2) is 5.78 Å². The zero-order valence-corrected chi connectivity index (χ0v) is 12.4. The van der Waals surface area contributed by atoms with Crippen LogP contribution >= 0.6 is 23.2 Å². The van der Waals surface area contributed by atoms with Gasteiger partial charge in [-0.15, -0.1) is 0 Å². The van der Waals surface area contributed by atoms with Gasteiger partial charge in [-0.3, -0.25) is 4.79 Å². The fraction of sp³-hybridized carbons (Fsp3) is 0.0667. The van der Waals surface area contributed by atoms with Gasteiger partial charge in [-0.25, -0.2) is 4.79 Å². The van der Waals surface area contributed by atoms with Gasteiger partial charge in [0.2, 0.25) is 0 Å². The first-order valence-electron chi connectivity index (χ1n) is 5.89. The van der Waals surface area contributed by atoms with Crippen molar-refractivity contribution < 1.29 is 14.3 Å². The van der Waals surface area contributed by atoms with Gasteiger partial charge in [0.25, 0.3) is 0 Å². The number of halogens is 2. The van der Waals surface area contributed by atoms with E-state index in [4.69, 9.17) is 27.6 Å². The van der Waals surface area contributed by atoms with Crippen molar-refractivity contribution in [2.75, 3.05) is 0 Å². The maximum Gasteiger partial charge on any atom is 0.351 e. The molecule has 0 aliphatic rings. The highest BCUT2D eigenvalue weighted by atomic mass is 35.5. The van der Waals surface area contributed by atoms with E-state index >= 15 is 0 Å². The first kappa shape index (κ1) is 15.4. The minimum Gasteiger partial charge on any atom is -0.507 e. The lowest BCUT2D eigenvalue weighted by Crippen LogP contribution is -2.12. The van der Waals surface area contributed by atoms with E-state index < -0.39 is 22.7 Å². The lowest BCUT2D eigenvalue weighted by Gasteiger charge is -2.00. The summed E-state index contributed by atoms with van der Waals surface area (Å²) in [6.45, 7) is 1.50. The van der Waals surface area contributed by atoms with Crippen LogP contribution < -0.4 is 5.63 Å². The second kappa shape index (κ2) is 6.16. The van der Waals surface area contributed by atoms with Crippen molar-refractivity contribution in [2.24, 2.45) is 0 Å². The summed E-state index contributed by atoms with van der Waals surface area (Å²) in [5.74, 6) is -0.845. The van der Waals surface area contributed by atoms with Crippen molar-refractivity contribution in [3.05, 3.63) is 67.7 Å². The number of carbonyl (C=O) groups is 1. The molecular weight excluding hydrogens is 315 g/mol. The molecule has 0 radical (unpaired) electrons. The quantitative estimate of drug-likeness (QED) is 0.687. The highest BCUT2D eigenvalue weighted by molar-refractivity contribution is 6.42. The van der Waals surface area contributed by atoms with E-state index in [-0.39, 0.29) is 5.76 Å². The molecule has 0 saturated heterocycles. The van der Waals surface area contributed by atoms with Crippen LogP contribution in [0.3, 0.4) is 0 Å². The molecule has 6 heteroatoms. The Kier molecular flexibility index (Phi) is 4.50. The Morgan fingerprint density at radius 1 is 1.24 bits per heavy atom. The topological polar surface area (TPSA) is 67.5 Å². The molecule has 0 bridgehead atoms. The van der Waals surface area contributed by atoms with Crippen LogP contribution in [0.15, 0.2) is 39.6 Å². The summed E-state index contributed by atoms with van der Waals surface area (Å²) in [4.78, 5) is 23.5. The normalized spacial score (nSPS) is 11.0. The Bertz CT molecular complexity index is 791. The molecule has 0 atom stereocenters. The van der Waals surface area contributed by atoms with Crippen LogP contribution in [-0.2, 0) is 0 Å². The molecule has 0 fully saturated rings. The van der Waals surface area contributed by atoms with Crippen molar-refractivity contribution in [3.8, 4) is 5.75 Å². The Morgan fingerprint density at radius 2 is 1.95 bits per heavy atom. The van der Waals surface area contributed by atoms with Crippen molar-refractivity contribution in [3.63, 3.8) is 0 Å². The fourth-order valence-corrected chi connectivity index (χ4v) is 2.00. The number of allylic oxidation sites excluding steroid dienone is 1. The monoisotopic (exact) mass is 324 g/mol. The van der Waals surface area contributed by atoms with E-state index in [1.165, 1.54) is 19.1 Å². The molecule has 1 aromatic heterocycles. The minimum atomic E-state index is -0.878. The summed E-state index contributed by atoms with van der Waals surface area (Å²) in [5, 5.41) is 10.4. The fourth-order valence-electron chi connectivity index (χ4n) is 1.69. The van der Waals surface area contributed by atoms with Gasteiger partial charge in [0.05, 0.1) is 10.0 Å². The molecule has 108 valence electrons. The van der Waals surface area contributed by atoms with Gasteiger partial charge in [0.1, 0.15) is 17.1 Å². The molecular formula is C15H10Cl2O4. The third kappa shape index (κ3) is 3.54. The summed E-state index contributed by atoms with van der Waals surface area (Å²) in [7, 11) is 0. The van der Waals surface area contributed by atoms with Gasteiger partial charge in [0, 0.05) is 6.07 Å². The zero-order valence-electron chi connectivity index (χ0n) is 10.9. The van der Waals surface area contributed by atoms with Crippen LogP contribution in [0.4, 0.5) is 0 Å². The van der Waals surface area contributed by atoms with E-state index in [9.17, 15) is 14.7 Å². The molecule has 0 spiro atoms. The predicted molar refractivity (Wildman–Crippen MR) is 81.2 cm³/mol. The summed E-state index contributed by atoms with van der Waals surface area (Å²) in [5.41, 5.74) is -0.651. The number of benzene rings is 1. The van der Waals surface area contributed by atoms with Crippen molar-refractivity contribution in [2.45, 2.75) is 6.92 Å². The molecule has 2 aromatic rings. The first-order chi connectivity index (χ1) is 9.88. The maximum absolute atomic E-state index is 12.0. The van der Waals surface area contributed by atoms with E-state index in [1.807, 2.05) is 0 Å². The molecule has 0 amide bonds. The standard InChI is InChI=1S/C15H10Cl2O4/c1-8-6-13(19)14(15(20)21-8)12(18)5-3-9-2-4-10(16)11(17)7-9/h2-7,19H,1H3/b5-3+. The Balaban J connectivity index is 2.31. The first-order valence-corrected chi connectivity index (χ1v) is 6.65. The zero-order chi connectivity index (χ0) is 15.6. The van der Waals surface area contributed by atoms with Crippen LogP contribution in [0.2, 0.25) is 10.0 Å². The van der Waals surface area contributed by atoms with E-state index in [1.54, 1.807) is 18.2 Å². The predicted octanol–water partition coefficient (Wildman–Crippen LogP) is 3.86. The van der Waals surface area contributed by atoms with Crippen LogP contribution in [0.1, 0.15) is 21.7 Å². The highest BCUT2D eigenvalue weighted by Gasteiger charge is 2.15. The number of aryl methyl sites for hydroxylation is 1. The van der Waals surface area contributed by atoms with Crippen molar-refractivity contribution in [1.82, 2.24) is 0 Å². The van der Waals surface area contributed by atoms with Gasteiger partial charge in [-0.2, -0.15) is 0 Å². The molecule has 4 nitrogen and oxygen atoms in total. The lowest BCUT2D eigenvalue weighted by molar-refractivity contribution is 0.104. The molecule has 0 aliphatic heterocycles. The molecule has 0 saturated carbocycles. The second-order valence-electron chi connectivity index (χ2n) is 4.28. The maximum atomic E-state index is 12.0.